The molecule has 0 bridgehead atoms. The van der Waals surface area contributed by atoms with Gasteiger partial charge in [0.05, 0.1) is 19.3 Å². The van der Waals surface area contributed by atoms with E-state index in [1.807, 2.05) is 0 Å². The summed E-state index contributed by atoms with van der Waals surface area (Å²) in [4.78, 5) is 22.7. The number of methoxy groups -OCH3 is 1. The van der Waals surface area contributed by atoms with Gasteiger partial charge in [0.2, 0.25) is 0 Å². The number of hydrogen-bond acceptors (Lipinski definition) is 5. The van der Waals surface area contributed by atoms with Crippen molar-refractivity contribution in [3.05, 3.63) is 34.4 Å². The van der Waals surface area contributed by atoms with E-state index in [4.69, 9.17) is 22.1 Å². The first-order chi connectivity index (χ1) is 8.99. The molecule has 0 atom stereocenters. The van der Waals surface area contributed by atoms with Crippen molar-refractivity contribution in [2.75, 3.05) is 19.5 Å². The van der Waals surface area contributed by atoms with E-state index in [9.17, 15) is 9.59 Å². The molecule has 0 amide bonds. The summed E-state index contributed by atoms with van der Waals surface area (Å²) in [6, 6.07) is 2.89. The number of nitrogens with two attached hydrogens (primary N) is 1. The highest BCUT2D eigenvalue weighted by atomic mass is 35.5. The summed E-state index contributed by atoms with van der Waals surface area (Å²) < 4.78 is 9.34. The van der Waals surface area contributed by atoms with Crippen molar-refractivity contribution in [3.63, 3.8) is 0 Å². The van der Waals surface area contributed by atoms with E-state index in [-0.39, 0.29) is 17.9 Å². The van der Waals surface area contributed by atoms with Crippen molar-refractivity contribution in [1.29, 1.82) is 0 Å². The highest BCUT2D eigenvalue weighted by molar-refractivity contribution is 6.32. The summed E-state index contributed by atoms with van der Waals surface area (Å²) in [5.41, 5.74) is 6.55. The Morgan fingerprint density at radius 2 is 2.11 bits per heavy atom. The highest BCUT2D eigenvalue weighted by Crippen LogP contribution is 2.25. The lowest BCUT2D eigenvalue weighted by Gasteiger charge is -2.07. The fraction of sp³-hybridized carbons (Fsp3) is 0.231. The van der Waals surface area contributed by atoms with E-state index in [1.54, 1.807) is 6.92 Å². The van der Waals surface area contributed by atoms with Crippen LogP contribution in [0, 0.1) is 0 Å². The zero-order valence-electron chi connectivity index (χ0n) is 10.6. The standard InChI is InChI=1S/C13H14ClNO4/c1-3-19-12(16)5-4-8-6-9(13(17)18-2)11(15)7-10(8)14/h4-7H,3,15H2,1-2H3. The Morgan fingerprint density at radius 1 is 1.42 bits per heavy atom. The molecule has 5 nitrogen and oxygen atoms in total. The van der Waals surface area contributed by atoms with Crippen molar-refractivity contribution in [3.8, 4) is 0 Å². The first-order valence-electron chi connectivity index (χ1n) is 5.51. The molecule has 0 aliphatic carbocycles. The Balaban J connectivity index is 3.08. The zero-order valence-corrected chi connectivity index (χ0v) is 11.4. The molecule has 1 aromatic rings. The molecule has 0 aromatic heterocycles. The van der Waals surface area contributed by atoms with Crippen LogP contribution < -0.4 is 5.73 Å². The quantitative estimate of drug-likeness (QED) is 0.521. The molecule has 6 heteroatoms. The Kier molecular flexibility index (Phi) is 5.38. The van der Waals surface area contributed by atoms with Crippen molar-refractivity contribution in [2.24, 2.45) is 0 Å². The number of hydrogen-bond donors (Lipinski definition) is 1. The van der Waals surface area contributed by atoms with Gasteiger partial charge >= 0.3 is 11.9 Å². The lowest BCUT2D eigenvalue weighted by atomic mass is 10.1. The van der Waals surface area contributed by atoms with Gasteiger partial charge < -0.3 is 15.2 Å². The summed E-state index contributed by atoms with van der Waals surface area (Å²) in [5.74, 6) is -1.06. The lowest BCUT2D eigenvalue weighted by Crippen LogP contribution is -2.06. The summed E-state index contributed by atoms with van der Waals surface area (Å²) >= 11 is 5.97. The van der Waals surface area contributed by atoms with Gasteiger partial charge in [-0.25, -0.2) is 9.59 Å². The molecule has 0 saturated heterocycles. The average Bonchev–Trinajstić information content (AvgIpc) is 2.37. The zero-order chi connectivity index (χ0) is 14.4. The predicted molar refractivity (Wildman–Crippen MR) is 72.9 cm³/mol. The number of rotatable bonds is 4. The predicted octanol–water partition coefficient (Wildman–Crippen LogP) is 2.29. The van der Waals surface area contributed by atoms with Gasteiger partial charge in [-0.1, -0.05) is 11.6 Å². The third kappa shape index (κ3) is 3.99. The Bertz CT molecular complexity index is 526. The average molecular weight is 284 g/mol. The molecule has 0 heterocycles. The molecule has 19 heavy (non-hydrogen) atoms. The van der Waals surface area contributed by atoms with E-state index in [1.165, 1.54) is 31.4 Å². The third-order valence-electron chi connectivity index (χ3n) is 2.26. The largest absolute Gasteiger partial charge is 0.465 e. The Morgan fingerprint density at radius 3 is 2.68 bits per heavy atom. The Labute approximate surface area is 115 Å². The number of carbonyl (C=O) groups excluding carboxylic acids is 2. The molecular formula is C13H14ClNO4. The second-order valence-corrected chi connectivity index (χ2v) is 3.95. The summed E-state index contributed by atoms with van der Waals surface area (Å²) in [6.45, 7) is 1.99. The van der Waals surface area contributed by atoms with Gasteiger partial charge in [0.15, 0.2) is 0 Å². The maximum absolute atomic E-state index is 11.5. The SMILES string of the molecule is CCOC(=O)C=Cc1cc(C(=O)OC)c(N)cc1Cl. The van der Waals surface area contributed by atoms with E-state index in [0.717, 1.165) is 0 Å². The van der Waals surface area contributed by atoms with E-state index >= 15 is 0 Å². The minimum atomic E-state index is -0.569. The number of anilines is 1. The molecule has 0 aliphatic heterocycles. The van der Waals surface area contributed by atoms with Crippen LogP contribution in [0.5, 0.6) is 0 Å². The van der Waals surface area contributed by atoms with Gasteiger partial charge in [0.1, 0.15) is 0 Å². The van der Waals surface area contributed by atoms with Crippen LogP contribution in [0.1, 0.15) is 22.8 Å². The minimum Gasteiger partial charge on any atom is -0.465 e. The molecule has 0 unspecified atom stereocenters. The van der Waals surface area contributed by atoms with Crippen molar-refractivity contribution >= 4 is 35.3 Å². The number of esters is 2. The second-order valence-electron chi connectivity index (χ2n) is 3.54. The number of ether oxygens (including phenoxy) is 2. The van der Waals surface area contributed by atoms with Gasteiger partial charge in [-0.2, -0.15) is 0 Å². The van der Waals surface area contributed by atoms with Crippen LogP contribution in [0.25, 0.3) is 6.08 Å². The lowest BCUT2D eigenvalue weighted by molar-refractivity contribution is -0.137. The topological polar surface area (TPSA) is 78.6 Å². The van der Waals surface area contributed by atoms with Crippen LogP contribution in [0.15, 0.2) is 18.2 Å². The maximum atomic E-state index is 11.5. The van der Waals surface area contributed by atoms with Crippen LogP contribution in [0.4, 0.5) is 5.69 Å². The fourth-order valence-corrected chi connectivity index (χ4v) is 1.60. The minimum absolute atomic E-state index is 0.190. The van der Waals surface area contributed by atoms with E-state index < -0.39 is 11.9 Å². The van der Waals surface area contributed by atoms with Crippen LogP contribution in [-0.4, -0.2) is 25.7 Å². The monoisotopic (exact) mass is 283 g/mol. The molecular weight excluding hydrogens is 270 g/mol. The molecule has 0 aliphatic rings. The number of carbonyl (C=O) groups is 2. The molecule has 1 rings (SSSR count). The normalized spacial score (nSPS) is 10.5. The number of nitrogen functional groups attached to an aromatic ring is 1. The molecule has 102 valence electrons. The van der Waals surface area contributed by atoms with Crippen LogP contribution >= 0.6 is 11.6 Å². The molecule has 0 saturated carbocycles. The second kappa shape index (κ2) is 6.80. The third-order valence-corrected chi connectivity index (χ3v) is 2.59. The van der Waals surface area contributed by atoms with Gasteiger partial charge in [0.25, 0.3) is 0 Å². The number of halogens is 1. The number of benzene rings is 1. The summed E-state index contributed by atoms with van der Waals surface area (Å²) in [5, 5.41) is 0.325. The van der Waals surface area contributed by atoms with Crippen LogP contribution in [0.2, 0.25) is 5.02 Å². The van der Waals surface area contributed by atoms with E-state index in [2.05, 4.69) is 4.74 Å². The smallest absolute Gasteiger partial charge is 0.339 e. The van der Waals surface area contributed by atoms with E-state index in [0.29, 0.717) is 10.6 Å². The van der Waals surface area contributed by atoms with Crippen molar-refractivity contribution in [2.45, 2.75) is 6.92 Å². The maximum Gasteiger partial charge on any atom is 0.339 e. The highest BCUT2D eigenvalue weighted by Gasteiger charge is 2.12. The molecule has 0 radical (unpaired) electrons. The first-order valence-corrected chi connectivity index (χ1v) is 5.89. The fourth-order valence-electron chi connectivity index (χ4n) is 1.37. The van der Waals surface area contributed by atoms with Crippen LogP contribution in [-0.2, 0) is 14.3 Å². The van der Waals surface area contributed by atoms with Gasteiger partial charge in [0, 0.05) is 16.8 Å². The summed E-state index contributed by atoms with van der Waals surface area (Å²) in [6.07, 6.45) is 2.67. The van der Waals surface area contributed by atoms with Crippen molar-refractivity contribution in [1.82, 2.24) is 0 Å². The van der Waals surface area contributed by atoms with Crippen LogP contribution in [0.3, 0.4) is 0 Å². The first kappa shape index (κ1) is 15.0. The summed E-state index contributed by atoms with van der Waals surface area (Å²) in [7, 11) is 1.25. The molecule has 1 aromatic carbocycles. The molecule has 2 N–H and O–H groups in total. The molecule has 0 fully saturated rings. The van der Waals surface area contributed by atoms with Gasteiger partial charge in [-0.05, 0) is 30.7 Å². The van der Waals surface area contributed by atoms with Crippen molar-refractivity contribution < 1.29 is 19.1 Å². The molecule has 0 spiro atoms. The van der Waals surface area contributed by atoms with Gasteiger partial charge in [-0.3, -0.25) is 0 Å². The van der Waals surface area contributed by atoms with Gasteiger partial charge in [-0.15, -0.1) is 0 Å². The Hall–Kier alpha value is -2.01.